The lowest BCUT2D eigenvalue weighted by Crippen LogP contribution is -2.42. The molecule has 2 heterocycles. The number of hydrogen-bond acceptors (Lipinski definition) is 7. The van der Waals surface area contributed by atoms with Crippen molar-refractivity contribution in [2.24, 2.45) is 0 Å². The van der Waals surface area contributed by atoms with Crippen molar-refractivity contribution in [1.29, 1.82) is 0 Å². The summed E-state index contributed by atoms with van der Waals surface area (Å²) in [6.45, 7) is 6.51. The topological polar surface area (TPSA) is 76.6 Å². The summed E-state index contributed by atoms with van der Waals surface area (Å²) in [5.74, 6) is 0.170. The molecule has 1 aliphatic heterocycles. The molecule has 0 amide bonds. The largest absolute Gasteiger partial charge is 0.464 e. The molecule has 1 saturated heterocycles. The summed E-state index contributed by atoms with van der Waals surface area (Å²) < 4.78 is 9.89. The molecule has 0 spiro atoms. The lowest BCUT2D eigenvalue weighted by Gasteiger charge is -2.29. The Labute approximate surface area is 118 Å². The van der Waals surface area contributed by atoms with Gasteiger partial charge in [-0.2, -0.15) is 0 Å². The van der Waals surface area contributed by atoms with Crippen molar-refractivity contribution in [1.82, 2.24) is 15.1 Å². The SMILES string of the molecule is COC(=O)c1ccc(NC(C)CN2CCOCC2)nn1. The summed E-state index contributed by atoms with van der Waals surface area (Å²) >= 11 is 0. The van der Waals surface area contributed by atoms with Crippen LogP contribution in [-0.2, 0) is 9.47 Å². The first kappa shape index (κ1) is 14.7. The highest BCUT2D eigenvalue weighted by Crippen LogP contribution is 2.06. The Morgan fingerprint density at radius 1 is 1.45 bits per heavy atom. The molecule has 0 radical (unpaired) electrons. The van der Waals surface area contributed by atoms with Gasteiger partial charge in [-0.15, -0.1) is 10.2 Å². The van der Waals surface area contributed by atoms with Crippen LogP contribution in [0, 0.1) is 0 Å². The maximum Gasteiger partial charge on any atom is 0.358 e. The van der Waals surface area contributed by atoms with Crippen LogP contribution in [0.1, 0.15) is 17.4 Å². The summed E-state index contributed by atoms with van der Waals surface area (Å²) in [6.07, 6.45) is 0. The van der Waals surface area contributed by atoms with E-state index >= 15 is 0 Å². The van der Waals surface area contributed by atoms with Gasteiger partial charge >= 0.3 is 5.97 Å². The number of aromatic nitrogens is 2. The van der Waals surface area contributed by atoms with Gasteiger partial charge in [-0.3, -0.25) is 4.90 Å². The van der Waals surface area contributed by atoms with E-state index in [0.29, 0.717) is 5.82 Å². The van der Waals surface area contributed by atoms with Crippen LogP contribution in [0.3, 0.4) is 0 Å². The minimum atomic E-state index is -0.481. The highest BCUT2D eigenvalue weighted by molar-refractivity contribution is 5.86. The molecule has 7 nitrogen and oxygen atoms in total. The molecule has 20 heavy (non-hydrogen) atoms. The van der Waals surface area contributed by atoms with E-state index in [1.54, 1.807) is 12.1 Å². The van der Waals surface area contributed by atoms with Crippen molar-refractivity contribution in [2.75, 3.05) is 45.3 Å². The third kappa shape index (κ3) is 4.14. The van der Waals surface area contributed by atoms with Gasteiger partial charge in [-0.1, -0.05) is 0 Å². The third-order valence-electron chi connectivity index (χ3n) is 3.09. The number of ether oxygens (including phenoxy) is 2. The lowest BCUT2D eigenvalue weighted by molar-refractivity contribution is 0.0368. The van der Waals surface area contributed by atoms with E-state index in [-0.39, 0.29) is 11.7 Å². The number of nitrogens with one attached hydrogen (secondary N) is 1. The quantitative estimate of drug-likeness (QED) is 0.782. The minimum absolute atomic E-state index is 0.207. The van der Waals surface area contributed by atoms with E-state index in [9.17, 15) is 4.79 Å². The van der Waals surface area contributed by atoms with Crippen molar-refractivity contribution < 1.29 is 14.3 Å². The second-order valence-electron chi connectivity index (χ2n) is 4.75. The number of rotatable bonds is 5. The summed E-state index contributed by atoms with van der Waals surface area (Å²) in [4.78, 5) is 13.6. The van der Waals surface area contributed by atoms with Crippen LogP contribution >= 0.6 is 0 Å². The number of anilines is 1. The highest BCUT2D eigenvalue weighted by atomic mass is 16.5. The van der Waals surface area contributed by atoms with Gasteiger partial charge in [0.2, 0.25) is 0 Å². The molecule has 1 unspecified atom stereocenters. The smallest absolute Gasteiger partial charge is 0.358 e. The molecule has 1 aromatic heterocycles. The molecule has 0 saturated carbocycles. The van der Waals surface area contributed by atoms with Gasteiger partial charge in [0.25, 0.3) is 0 Å². The van der Waals surface area contributed by atoms with Gasteiger partial charge in [-0.05, 0) is 19.1 Å². The number of esters is 1. The molecule has 0 bridgehead atoms. The number of carbonyl (C=O) groups is 1. The van der Waals surface area contributed by atoms with Crippen LogP contribution in [0.2, 0.25) is 0 Å². The lowest BCUT2D eigenvalue weighted by atomic mass is 10.3. The van der Waals surface area contributed by atoms with E-state index in [0.717, 1.165) is 32.8 Å². The van der Waals surface area contributed by atoms with Crippen LogP contribution in [0.4, 0.5) is 5.82 Å². The number of methoxy groups -OCH3 is 1. The van der Waals surface area contributed by atoms with Crippen molar-refractivity contribution in [2.45, 2.75) is 13.0 Å². The van der Waals surface area contributed by atoms with Crippen molar-refractivity contribution in [3.63, 3.8) is 0 Å². The van der Waals surface area contributed by atoms with Gasteiger partial charge in [0, 0.05) is 25.7 Å². The predicted octanol–water partition coefficient (Wildman–Crippen LogP) is 0.396. The summed E-state index contributed by atoms with van der Waals surface area (Å²) in [7, 11) is 1.32. The van der Waals surface area contributed by atoms with Gasteiger partial charge in [0.15, 0.2) is 5.69 Å². The van der Waals surface area contributed by atoms with Crippen molar-refractivity contribution in [3.8, 4) is 0 Å². The zero-order chi connectivity index (χ0) is 14.4. The fourth-order valence-corrected chi connectivity index (χ4v) is 2.09. The molecule has 1 atom stereocenters. The van der Waals surface area contributed by atoms with Gasteiger partial charge in [0.05, 0.1) is 20.3 Å². The van der Waals surface area contributed by atoms with E-state index in [4.69, 9.17) is 4.74 Å². The number of hydrogen-bond donors (Lipinski definition) is 1. The molecule has 0 aromatic carbocycles. The number of carbonyl (C=O) groups excluding carboxylic acids is 1. The van der Waals surface area contributed by atoms with Crippen molar-refractivity contribution in [3.05, 3.63) is 17.8 Å². The predicted molar refractivity (Wildman–Crippen MR) is 73.7 cm³/mol. The standard InChI is InChI=1S/C13H20N4O3/c1-10(9-17-5-7-20-8-6-17)14-12-4-3-11(15-16-12)13(18)19-2/h3-4,10H,5-9H2,1-2H3,(H,14,16). The van der Waals surface area contributed by atoms with Gasteiger partial charge < -0.3 is 14.8 Å². The molecule has 7 heteroatoms. The number of morpholine rings is 1. The Balaban J connectivity index is 1.84. The van der Waals surface area contributed by atoms with Gasteiger partial charge in [-0.25, -0.2) is 4.79 Å². The normalized spacial score (nSPS) is 17.5. The Kier molecular flexibility index (Phi) is 5.25. The molecule has 1 aliphatic rings. The summed E-state index contributed by atoms with van der Waals surface area (Å²) in [6, 6.07) is 3.57. The summed E-state index contributed by atoms with van der Waals surface area (Å²) in [5.41, 5.74) is 0.207. The molecule has 2 rings (SSSR count). The third-order valence-corrected chi connectivity index (χ3v) is 3.09. The molecule has 1 aromatic rings. The molecule has 1 fully saturated rings. The molecular formula is C13H20N4O3. The van der Waals surface area contributed by atoms with E-state index in [2.05, 4.69) is 32.1 Å². The molecular weight excluding hydrogens is 260 g/mol. The summed E-state index contributed by atoms with van der Waals surface area (Å²) in [5, 5.41) is 11.1. The van der Waals surface area contributed by atoms with E-state index < -0.39 is 5.97 Å². The van der Waals surface area contributed by atoms with Crippen LogP contribution in [0.15, 0.2) is 12.1 Å². The minimum Gasteiger partial charge on any atom is -0.464 e. The second-order valence-corrected chi connectivity index (χ2v) is 4.75. The Hall–Kier alpha value is -1.73. The average Bonchev–Trinajstić information content (AvgIpc) is 2.48. The van der Waals surface area contributed by atoms with Gasteiger partial charge in [0.1, 0.15) is 5.82 Å². The Bertz CT molecular complexity index is 432. The Morgan fingerprint density at radius 2 is 2.20 bits per heavy atom. The zero-order valence-electron chi connectivity index (χ0n) is 11.8. The molecule has 0 aliphatic carbocycles. The Morgan fingerprint density at radius 3 is 2.80 bits per heavy atom. The second kappa shape index (κ2) is 7.16. The number of nitrogens with zero attached hydrogens (tertiary/aromatic N) is 3. The van der Waals surface area contributed by atoms with Crippen LogP contribution in [-0.4, -0.2) is 67.1 Å². The first-order chi connectivity index (χ1) is 9.69. The van der Waals surface area contributed by atoms with Crippen molar-refractivity contribution >= 4 is 11.8 Å². The highest BCUT2D eigenvalue weighted by Gasteiger charge is 2.14. The zero-order valence-corrected chi connectivity index (χ0v) is 11.8. The van der Waals surface area contributed by atoms with E-state index in [1.807, 2.05) is 0 Å². The maximum absolute atomic E-state index is 11.2. The fourth-order valence-electron chi connectivity index (χ4n) is 2.09. The monoisotopic (exact) mass is 280 g/mol. The maximum atomic E-state index is 11.2. The molecule has 1 N–H and O–H groups in total. The average molecular weight is 280 g/mol. The van der Waals surface area contributed by atoms with Crippen LogP contribution in [0.5, 0.6) is 0 Å². The molecule has 110 valence electrons. The van der Waals surface area contributed by atoms with E-state index in [1.165, 1.54) is 7.11 Å². The fraction of sp³-hybridized carbons (Fsp3) is 0.615. The first-order valence-corrected chi connectivity index (χ1v) is 6.67. The first-order valence-electron chi connectivity index (χ1n) is 6.67. The van der Waals surface area contributed by atoms with Crippen LogP contribution in [0.25, 0.3) is 0 Å². The van der Waals surface area contributed by atoms with Crippen LogP contribution < -0.4 is 5.32 Å².